The first kappa shape index (κ1) is 19.1. The van der Waals surface area contributed by atoms with E-state index in [9.17, 15) is 14.0 Å². The van der Waals surface area contributed by atoms with Crippen molar-refractivity contribution in [1.29, 1.82) is 0 Å². The summed E-state index contributed by atoms with van der Waals surface area (Å²) in [5, 5.41) is 0. The molecule has 0 bridgehead atoms. The highest BCUT2D eigenvalue weighted by Gasteiger charge is 2.27. The summed E-state index contributed by atoms with van der Waals surface area (Å²) in [6.07, 6.45) is -0.0143. The Hall–Kier alpha value is -3.27. The van der Waals surface area contributed by atoms with Gasteiger partial charge in [0.05, 0.1) is 5.56 Å². The number of benzene rings is 3. The van der Waals surface area contributed by atoms with Crippen molar-refractivity contribution in [1.82, 2.24) is 4.90 Å². The molecule has 3 nitrogen and oxygen atoms in total. The Morgan fingerprint density at radius 3 is 1.97 bits per heavy atom. The molecule has 0 N–H and O–H groups in total. The molecule has 1 heterocycles. The Kier molecular flexibility index (Phi) is 5.26. The molecule has 3 aromatic rings. The molecule has 4 heteroatoms. The van der Waals surface area contributed by atoms with Crippen LogP contribution in [-0.2, 0) is 17.9 Å². The molecule has 0 radical (unpaired) electrons. The number of carbonyl (C=O) groups is 2. The van der Waals surface area contributed by atoms with Crippen molar-refractivity contribution in [2.24, 2.45) is 5.92 Å². The van der Waals surface area contributed by atoms with Crippen LogP contribution in [0.4, 0.5) is 4.39 Å². The second-order valence-corrected chi connectivity index (χ2v) is 7.52. The van der Waals surface area contributed by atoms with E-state index in [0.717, 1.165) is 22.3 Å². The van der Waals surface area contributed by atoms with Crippen LogP contribution < -0.4 is 0 Å². The first-order chi connectivity index (χ1) is 14.0. The highest BCUT2D eigenvalue weighted by Crippen LogP contribution is 2.33. The summed E-state index contributed by atoms with van der Waals surface area (Å²) in [7, 11) is 0. The number of fused-ring (bicyclic) bond motifs is 3. The standard InChI is InChI=1S/C25H22FNO2/c1-17(14-24(28)22-12-6-7-13-23(22)26)25(29)27-15-18-8-2-4-10-20(18)21-11-5-3-9-19(21)16-27/h2-13,17H,14-16H2,1H3. The van der Waals surface area contributed by atoms with Gasteiger partial charge in [0.25, 0.3) is 0 Å². The molecule has 1 amide bonds. The van der Waals surface area contributed by atoms with Crippen LogP contribution >= 0.6 is 0 Å². The number of carbonyl (C=O) groups excluding carboxylic acids is 2. The molecule has 0 aliphatic carbocycles. The SMILES string of the molecule is CC(CC(=O)c1ccccc1F)C(=O)N1Cc2ccccc2-c2ccccc2C1. The van der Waals surface area contributed by atoms with E-state index in [4.69, 9.17) is 0 Å². The van der Waals surface area contributed by atoms with Crippen molar-refractivity contribution in [2.45, 2.75) is 26.4 Å². The number of hydrogen-bond donors (Lipinski definition) is 0. The summed E-state index contributed by atoms with van der Waals surface area (Å²) in [6.45, 7) is 2.72. The molecule has 1 atom stereocenters. The predicted octanol–water partition coefficient (Wildman–Crippen LogP) is 5.24. The molecule has 4 rings (SSSR count). The lowest BCUT2D eigenvalue weighted by atomic mass is 9.97. The molecule has 0 fully saturated rings. The Morgan fingerprint density at radius 2 is 1.38 bits per heavy atom. The second kappa shape index (κ2) is 8.00. The van der Waals surface area contributed by atoms with E-state index < -0.39 is 11.7 Å². The molecule has 0 spiro atoms. The number of hydrogen-bond acceptors (Lipinski definition) is 2. The number of nitrogens with zero attached hydrogens (tertiary/aromatic N) is 1. The van der Waals surface area contributed by atoms with Gasteiger partial charge < -0.3 is 4.90 Å². The van der Waals surface area contributed by atoms with E-state index in [-0.39, 0.29) is 23.7 Å². The molecule has 1 unspecified atom stereocenters. The lowest BCUT2D eigenvalue weighted by Crippen LogP contribution is -2.34. The summed E-state index contributed by atoms with van der Waals surface area (Å²) in [5.41, 5.74) is 4.47. The fraction of sp³-hybridized carbons (Fsp3) is 0.200. The summed E-state index contributed by atoms with van der Waals surface area (Å²) < 4.78 is 13.9. The quantitative estimate of drug-likeness (QED) is 0.574. The maximum atomic E-state index is 13.9. The lowest BCUT2D eigenvalue weighted by molar-refractivity contribution is -0.136. The second-order valence-electron chi connectivity index (χ2n) is 7.52. The van der Waals surface area contributed by atoms with Crippen LogP contribution in [0.1, 0.15) is 34.8 Å². The maximum Gasteiger partial charge on any atom is 0.226 e. The molecule has 3 aromatic carbocycles. The largest absolute Gasteiger partial charge is 0.334 e. The van der Waals surface area contributed by atoms with Gasteiger partial charge in [-0.15, -0.1) is 0 Å². The molecule has 0 aromatic heterocycles. The topological polar surface area (TPSA) is 37.4 Å². The van der Waals surface area contributed by atoms with Gasteiger partial charge in [0.2, 0.25) is 5.91 Å². The predicted molar refractivity (Wildman–Crippen MR) is 111 cm³/mol. The van der Waals surface area contributed by atoms with Crippen molar-refractivity contribution in [2.75, 3.05) is 0 Å². The third-order valence-electron chi connectivity index (χ3n) is 5.45. The van der Waals surface area contributed by atoms with Gasteiger partial charge in [-0.1, -0.05) is 67.6 Å². The minimum atomic E-state index is -0.547. The third-order valence-corrected chi connectivity index (χ3v) is 5.45. The molecule has 0 saturated heterocycles. The first-order valence-corrected chi connectivity index (χ1v) is 9.77. The normalized spacial score (nSPS) is 13.8. The summed E-state index contributed by atoms with van der Waals surface area (Å²) in [6, 6.07) is 22.1. The van der Waals surface area contributed by atoms with E-state index >= 15 is 0 Å². The molecule has 29 heavy (non-hydrogen) atoms. The van der Waals surface area contributed by atoms with E-state index in [1.165, 1.54) is 12.1 Å². The maximum absolute atomic E-state index is 13.9. The molecule has 1 aliphatic heterocycles. The third kappa shape index (κ3) is 3.83. The van der Waals surface area contributed by atoms with Crippen LogP contribution in [0, 0.1) is 11.7 Å². The molecule has 146 valence electrons. The highest BCUT2D eigenvalue weighted by molar-refractivity contribution is 5.98. The first-order valence-electron chi connectivity index (χ1n) is 9.77. The average molecular weight is 387 g/mol. The molecular formula is C25H22FNO2. The van der Waals surface area contributed by atoms with Crippen LogP contribution in [0.5, 0.6) is 0 Å². The van der Waals surface area contributed by atoms with E-state index in [1.54, 1.807) is 24.0 Å². The monoisotopic (exact) mass is 387 g/mol. The molecular weight excluding hydrogens is 365 g/mol. The zero-order chi connectivity index (χ0) is 20.4. The van der Waals surface area contributed by atoms with Crippen molar-refractivity contribution >= 4 is 11.7 Å². The molecule has 1 aliphatic rings. The summed E-state index contributed by atoms with van der Waals surface area (Å²) >= 11 is 0. The van der Waals surface area contributed by atoms with Crippen molar-refractivity contribution in [3.8, 4) is 11.1 Å². The van der Waals surface area contributed by atoms with Gasteiger partial charge in [-0.25, -0.2) is 4.39 Å². The number of ketones is 1. The van der Waals surface area contributed by atoms with Gasteiger partial charge in [-0.2, -0.15) is 0 Å². The van der Waals surface area contributed by atoms with Crippen LogP contribution in [0.3, 0.4) is 0 Å². The van der Waals surface area contributed by atoms with E-state index in [1.807, 2.05) is 36.4 Å². The average Bonchev–Trinajstić information content (AvgIpc) is 2.90. The zero-order valence-corrected chi connectivity index (χ0v) is 16.3. The van der Waals surface area contributed by atoms with Crippen LogP contribution in [0.2, 0.25) is 0 Å². The number of Topliss-reactive ketones (excluding diaryl/α,β-unsaturated/α-hetero) is 1. The Balaban J connectivity index is 1.58. The van der Waals surface area contributed by atoms with Gasteiger partial charge in [-0.05, 0) is 34.4 Å². The van der Waals surface area contributed by atoms with Crippen molar-refractivity contribution in [3.63, 3.8) is 0 Å². The van der Waals surface area contributed by atoms with Crippen LogP contribution in [0.15, 0.2) is 72.8 Å². The fourth-order valence-electron chi connectivity index (χ4n) is 3.94. The van der Waals surface area contributed by atoms with Gasteiger partial charge in [0, 0.05) is 25.4 Å². The Labute approximate surface area is 169 Å². The van der Waals surface area contributed by atoms with Gasteiger partial charge in [-0.3, -0.25) is 9.59 Å². The number of rotatable bonds is 4. The van der Waals surface area contributed by atoms with Crippen LogP contribution in [-0.4, -0.2) is 16.6 Å². The summed E-state index contributed by atoms with van der Waals surface area (Å²) in [4.78, 5) is 27.5. The Bertz CT molecular complexity index is 1030. The Morgan fingerprint density at radius 1 is 0.862 bits per heavy atom. The van der Waals surface area contributed by atoms with Crippen molar-refractivity contribution in [3.05, 3.63) is 95.3 Å². The van der Waals surface area contributed by atoms with E-state index in [0.29, 0.717) is 13.1 Å². The number of halogens is 1. The van der Waals surface area contributed by atoms with Gasteiger partial charge >= 0.3 is 0 Å². The van der Waals surface area contributed by atoms with E-state index in [2.05, 4.69) is 12.1 Å². The summed E-state index contributed by atoms with van der Waals surface area (Å²) in [5.74, 6) is -1.52. The van der Waals surface area contributed by atoms with Gasteiger partial charge in [0.15, 0.2) is 5.78 Å². The lowest BCUT2D eigenvalue weighted by Gasteiger charge is -2.25. The minimum Gasteiger partial charge on any atom is -0.334 e. The smallest absolute Gasteiger partial charge is 0.226 e. The number of amides is 1. The fourth-order valence-corrected chi connectivity index (χ4v) is 3.94. The van der Waals surface area contributed by atoms with Crippen LogP contribution in [0.25, 0.3) is 11.1 Å². The highest BCUT2D eigenvalue weighted by atomic mass is 19.1. The molecule has 0 saturated carbocycles. The zero-order valence-electron chi connectivity index (χ0n) is 16.3. The minimum absolute atomic E-state index is 0.0143. The van der Waals surface area contributed by atoms with Crippen molar-refractivity contribution < 1.29 is 14.0 Å². The van der Waals surface area contributed by atoms with Gasteiger partial charge in [0.1, 0.15) is 5.82 Å².